The Bertz CT molecular complexity index is 537. The maximum atomic E-state index is 11.9. The van der Waals surface area contributed by atoms with Gasteiger partial charge in [-0.25, -0.2) is 0 Å². The summed E-state index contributed by atoms with van der Waals surface area (Å²) in [6.07, 6.45) is 5.03. The summed E-state index contributed by atoms with van der Waals surface area (Å²) >= 11 is 0. The van der Waals surface area contributed by atoms with Gasteiger partial charge in [0, 0.05) is 24.1 Å². The van der Waals surface area contributed by atoms with E-state index in [9.17, 15) is 9.59 Å². The summed E-state index contributed by atoms with van der Waals surface area (Å²) in [6.45, 7) is 1.99. The number of nitrogens with two attached hydrogens (primary N) is 1. The van der Waals surface area contributed by atoms with E-state index >= 15 is 0 Å². The highest BCUT2D eigenvalue weighted by Gasteiger charge is 2.19. The van der Waals surface area contributed by atoms with Gasteiger partial charge in [0.15, 0.2) is 5.78 Å². The molecule has 0 radical (unpaired) electrons. The Morgan fingerprint density at radius 2 is 2.00 bits per heavy atom. The molecule has 1 amide bonds. The first-order chi connectivity index (χ1) is 11.0. The van der Waals surface area contributed by atoms with E-state index in [-0.39, 0.29) is 17.7 Å². The van der Waals surface area contributed by atoms with Gasteiger partial charge in [0.05, 0.1) is 6.61 Å². The van der Waals surface area contributed by atoms with Crippen molar-refractivity contribution in [1.82, 2.24) is 5.32 Å². The third-order valence-electron chi connectivity index (χ3n) is 4.19. The van der Waals surface area contributed by atoms with Crippen molar-refractivity contribution in [2.45, 2.75) is 57.5 Å². The molecule has 0 aromatic heterocycles. The minimum atomic E-state index is 0.0158. The molecule has 1 saturated carbocycles. The molecule has 0 bridgehead atoms. The van der Waals surface area contributed by atoms with E-state index < -0.39 is 0 Å². The molecule has 0 unspecified atom stereocenters. The van der Waals surface area contributed by atoms with Crippen LogP contribution in [-0.4, -0.2) is 30.4 Å². The van der Waals surface area contributed by atoms with Crippen LogP contribution in [0, 0.1) is 0 Å². The first-order valence-corrected chi connectivity index (χ1v) is 8.33. The SMILES string of the molecule is CC(=O)c1cccc(OCCCC(=O)NC2CCC(N)CC2)c1. The summed E-state index contributed by atoms with van der Waals surface area (Å²) in [7, 11) is 0. The van der Waals surface area contributed by atoms with Crippen molar-refractivity contribution in [2.24, 2.45) is 5.73 Å². The second-order valence-corrected chi connectivity index (χ2v) is 6.22. The Hall–Kier alpha value is -1.88. The Morgan fingerprint density at radius 3 is 2.70 bits per heavy atom. The van der Waals surface area contributed by atoms with Gasteiger partial charge in [-0.15, -0.1) is 0 Å². The van der Waals surface area contributed by atoms with Crippen LogP contribution in [0.5, 0.6) is 5.75 Å². The van der Waals surface area contributed by atoms with Crippen molar-refractivity contribution in [3.05, 3.63) is 29.8 Å². The lowest BCUT2D eigenvalue weighted by Gasteiger charge is -2.26. The van der Waals surface area contributed by atoms with Gasteiger partial charge in [0.25, 0.3) is 0 Å². The fourth-order valence-electron chi connectivity index (χ4n) is 2.79. The second-order valence-electron chi connectivity index (χ2n) is 6.22. The van der Waals surface area contributed by atoms with Gasteiger partial charge in [0.2, 0.25) is 5.91 Å². The molecule has 0 spiro atoms. The highest BCUT2D eigenvalue weighted by atomic mass is 16.5. The van der Waals surface area contributed by atoms with Gasteiger partial charge in [-0.3, -0.25) is 9.59 Å². The standard InChI is InChI=1S/C18H26N2O3/c1-13(21)14-4-2-5-17(12-14)23-11-3-6-18(22)20-16-9-7-15(19)8-10-16/h2,4-5,12,15-16H,3,6-11,19H2,1H3,(H,20,22). The molecule has 0 heterocycles. The molecule has 5 heteroatoms. The van der Waals surface area contributed by atoms with Crippen LogP contribution >= 0.6 is 0 Å². The lowest BCUT2D eigenvalue weighted by atomic mass is 9.92. The van der Waals surface area contributed by atoms with Gasteiger partial charge in [-0.05, 0) is 51.2 Å². The van der Waals surface area contributed by atoms with Crippen LogP contribution in [0.1, 0.15) is 55.8 Å². The van der Waals surface area contributed by atoms with Crippen molar-refractivity contribution in [1.29, 1.82) is 0 Å². The second kappa shape index (κ2) is 8.67. The fraction of sp³-hybridized carbons (Fsp3) is 0.556. The number of benzene rings is 1. The number of ketones is 1. The van der Waals surface area contributed by atoms with Crippen molar-refractivity contribution >= 4 is 11.7 Å². The van der Waals surface area contributed by atoms with Crippen molar-refractivity contribution < 1.29 is 14.3 Å². The minimum absolute atomic E-state index is 0.0158. The van der Waals surface area contributed by atoms with E-state index in [1.54, 1.807) is 18.2 Å². The minimum Gasteiger partial charge on any atom is -0.494 e. The molecule has 1 aliphatic carbocycles. The molecule has 1 fully saturated rings. The predicted molar refractivity (Wildman–Crippen MR) is 89.5 cm³/mol. The molecule has 3 N–H and O–H groups in total. The number of carbonyl (C=O) groups is 2. The Balaban J connectivity index is 1.64. The first kappa shape index (κ1) is 17.5. The summed E-state index contributed by atoms with van der Waals surface area (Å²) in [5, 5.41) is 3.07. The van der Waals surface area contributed by atoms with E-state index in [2.05, 4.69) is 5.32 Å². The highest BCUT2D eigenvalue weighted by molar-refractivity contribution is 5.94. The molecule has 0 aliphatic heterocycles. The van der Waals surface area contributed by atoms with Crippen LogP contribution in [-0.2, 0) is 4.79 Å². The molecule has 0 atom stereocenters. The first-order valence-electron chi connectivity index (χ1n) is 8.33. The number of rotatable bonds is 7. The maximum Gasteiger partial charge on any atom is 0.220 e. The summed E-state index contributed by atoms with van der Waals surface area (Å²) in [5.41, 5.74) is 6.50. The fourth-order valence-corrected chi connectivity index (χ4v) is 2.79. The third-order valence-corrected chi connectivity index (χ3v) is 4.19. The number of amides is 1. The van der Waals surface area contributed by atoms with Crippen LogP contribution in [0.3, 0.4) is 0 Å². The number of hydrogen-bond acceptors (Lipinski definition) is 4. The number of hydrogen-bond donors (Lipinski definition) is 2. The normalized spacial score (nSPS) is 20.8. The summed E-state index contributed by atoms with van der Waals surface area (Å²) in [6, 6.07) is 7.68. The molecule has 126 valence electrons. The van der Waals surface area contributed by atoms with Crippen LogP contribution in [0.15, 0.2) is 24.3 Å². The molecular formula is C18H26N2O3. The monoisotopic (exact) mass is 318 g/mol. The van der Waals surface area contributed by atoms with Crippen molar-refractivity contribution in [3.63, 3.8) is 0 Å². The van der Waals surface area contributed by atoms with Crippen LogP contribution < -0.4 is 15.8 Å². The largest absolute Gasteiger partial charge is 0.494 e. The molecule has 0 saturated heterocycles. The van der Waals surface area contributed by atoms with Crippen LogP contribution in [0.4, 0.5) is 0 Å². The van der Waals surface area contributed by atoms with Gasteiger partial charge in [0.1, 0.15) is 5.75 Å². The zero-order valence-corrected chi connectivity index (χ0v) is 13.7. The maximum absolute atomic E-state index is 11.9. The zero-order chi connectivity index (χ0) is 16.7. The lowest BCUT2D eigenvalue weighted by molar-refractivity contribution is -0.122. The quantitative estimate of drug-likeness (QED) is 0.597. The zero-order valence-electron chi connectivity index (χ0n) is 13.7. The van der Waals surface area contributed by atoms with E-state index in [1.165, 1.54) is 6.92 Å². The van der Waals surface area contributed by atoms with Crippen LogP contribution in [0.25, 0.3) is 0 Å². The smallest absolute Gasteiger partial charge is 0.220 e. The average Bonchev–Trinajstić information content (AvgIpc) is 2.54. The predicted octanol–water partition coefficient (Wildman–Crippen LogP) is 2.43. The number of carbonyl (C=O) groups excluding carboxylic acids is 2. The molecule has 23 heavy (non-hydrogen) atoms. The van der Waals surface area contributed by atoms with Gasteiger partial charge < -0.3 is 15.8 Å². The van der Waals surface area contributed by atoms with E-state index in [1.807, 2.05) is 6.07 Å². The molecule has 1 aromatic carbocycles. The molecule has 1 aliphatic rings. The molecule has 5 nitrogen and oxygen atoms in total. The summed E-state index contributed by atoms with van der Waals surface area (Å²) < 4.78 is 5.60. The Labute approximate surface area is 137 Å². The van der Waals surface area contributed by atoms with E-state index in [0.717, 1.165) is 25.7 Å². The molecule has 1 aromatic rings. The summed E-state index contributed by atoms with van der Waals surface area (Å²) in [4.78, 5) is 23.2. The van der Waals surface area contributed by atoms with Crippen LogP contribution in [0.2, 0.25) is 0 Å². The number of Topliss-reactive ketones (excluding diaryl/α,β-unsaturated/α-hetero) is 1. The van der Waals surface area contributed by atoms with Gasteiger partial charge in [-0.1, -0.05) is 12.1 Å². The lowest BCUT2D eigenvalue weighted by Crippen LogP contribution is -2.40. The molecular weight excluding hydrogens is 292 g/mol. The van der Waals surface area contributed by atoms with E-state index in [4.69, 9.17) is 10.5 Å². The third kappa shape index (κ3) is 6.02. The number of nitrogens with one attached hydrogen (secondary N) is 1. The average molecular weight is 318 g/mol. The van der Waals surface area contributed by atoms with E-state index in [0.29, 0.717) is 36.8 Å². The summed E-state index contributed by atoms with van der Waals surface area (Å²) in [5.74, 6) is 0.757. The van der Waals surface area contributed by atoms with Gasteiger partial charge >= 0.3 is 0 Å². The van der Waals surface area contributed by atoms with Gasteiger partial charge in [-0.2, -0.15) is 0 Å². The number of ether oxygens (including phenoxy) is 1. The molecule has 2 rings (SSSR count). The topological polar surface area (TPSA) is 81.4 Å². The van der Waals surface area contributed by atoms with Crippen molar-refractivity contribution in [3.8, 4) is 5.75 Å². The van der Waals surface area contributed by atoms with Crippen molar-refractivity contribution in [2.75, 3.05) is 6.61 Å². The highest BCUT2D eigenvalue weighted by Crippen LogP contribution is 2.17. The Morgan fingerprint density at radius 1 is 1.26 bits per heavy atom. The Kier molecular flexibility index (Phi) is 6.59.